The molecule has 0 radical (unpaired) electrons. The molecule has 0 amide bonds. The largest absolute Gasteiger partial charge is 0.493 e. The van der Waals surface area contributed by atoms with E-state index in [1.54, 1.807) is 6.07 Å². The molecule has 0 saturated heterocycles. The molecule has 0 unspecified atom stereocenters. The number of para-hydroxylation sites is 1. The lowest BCUT2D eigenvalue weighted by molar-refractivity contribution is -0.385. The average Bonchev–Trinajstić information content (AvgIpc) is 2.52. The van der Waals surface area contributed by atoms with Crippen LogP contribution in [0.15, 0.2) is 36.3 Å². The molecule has 8 nitrogen and oxygen atoms in total. The number of nitrogens with one attached hydrogen (secondary N) is 1. The van der Waals surface area contributed by atoms with Crippen LogP contribution >= 0.6 is 0 Å². The molecular weight excluding hydrogens is 262 g/mol. The zero-order chi connectivity index (χ0) is 13.3. The van der Waals surface area contributed by atoms with Crippen molar-refractivity contribution in [1.29, 1.82) is 0 Å². The molecule has 1 aromatic carbocycles. The molecule has 2 rings (SSSR count). The van der Waals surface area contributed by atoms with Gasteiger partial charge in [-0.15, -0.1) is 0 Å². The van der Waals surface area contributed by atoms with Gasteiger partial charge in [0.25, 0.3) is 5.69 Å². The average molecular weight is 271 g/mol. The van der Waals surface area contributed by atoms with Gasteiger partial charge in [-0.05, 0) is 0 Å². The summed E-state index contributed by atoms with van der Waals surface area (Å²) < 4.78 is 25.6. The lowest BCUT2D eigenvalue weighted by atomic mass is 10.2. The van der Waals surface area contributed by atoms with Crippen LogP contribution in [0.1, 0.15) is 5.56 Å². The molecule has 96 valence electrons. The summed E-state index contributed by atoms with van der Waals surface area (Å²) in [6.07, 6.45) is 0.964. The number of hydrogen-bond donors (Lipinski definition) is 2. The summed E-state index contributed by atoms with van der Waals surface area (Å²) in [5.41, 5.74) is 0.0614. The SMILES string of the molecule is O=[N+]([O-])c1ccccc1CN1C=C(O)NS1(=O)=O. The van der Waals surface area contributed by atoms with E-state index < -0.39 is 21.0 Å². The van der Waals surface area contributed by atoms with Crippen LogP contribution in [-0.2, 0) is 16.8 Å². The van der Waals surface area contributed by atoms with Gasteiger partial charge < -0.3 is 5.11 Å². The van der Waals surface area contributed by atoms with E-state index in [4.69, 9.17) is 5.11 Å². The Morgan fingerprint density at radius 2 is 2.06 bits per heavy atom. The molecule has 0 spiro atoms. The fraction of sp³-hybridized carbons (Fsp3) is 0.111. The minimum Gasteiger partial charge on any atom is -0.493 e. The molecule has 2 N–H and O–H groups in total. The first-order valence-corrected chi connectivity index (χ1v) is 6.27. The van der Waals surface area contributed by atoms with E-state index in [1.165, 1.54) is 18.2 Å². The standard InChI is InChI=1S/C9H9N3O5S/c13-9-6-11(18(16,17)10-9)5-7-3-1-2-4-8(7)12(14)15/h1-4,6,10,13H,5H2. The summed E-state index contributed by atoms with van der Waals surface area (Å²) in [4.78, 5) is 10.2. The van der Waals surface area contributed by atoms with Crippen LogP contribution < -0.4 is 4.72 Å². The predicted molar refractivity (Wildman–Crippen MR) is 61.4 cm³/mol. The normalized spacial score (nSPS) is 17.1. The molecule has 1 aliphatic heterocycles. The van der Waals surface area contributed by atoms with E-state index in [9.17, 15) is 18.5 Å². The monoisotopic (exact) mass is 271 g/mol. The van der Waals surface area contributed by atoms with Gasteiger partial charge in [0.2, 0.25) is 5.88 Å². The van der Waals surface area contributed by atoms with Gasteiger partial charge in [0.05, 0.1) is 23.2 Å². The van der Waals surface area contributed by atoms with Crippen molar-refractivity contribution in [2.24, 2.45) is 0 Å². The van der Waals surface area contributed by atoms with Crippen LogP contribution in [-0.4, -0.2) is 22.8 Å². The number of rotatable bonds is 3. The molecule has 0 atom stereocenters. The Morgan fingerprint density at radius 3 is 2.61 bits per heavy atom. The van der Waals surface area contributed by atoms with Gasteiger partial charge >= 0.3 is 10.2 Å². The van der Waals surface area contributed by atoms with E-state index in [0.29, 0.717) is 0 Å². The second kappa shape index (κ2) is 4.18. The van der Waals surface area contributed by atoms with Crippen LogP contribution in [0, 0.1) is 10.1 Å². The van der Waals surface area contributed by atoms with E-state index in [2.05, 4.69) is 0 Å². The molecule has 1 aliphatic rings. The highest BCUT2D eigenvalue weighted by atomic mass is 32.2. The maximum absolute atomic E-state index is 11.5. The van der Waals surface area contributed by atoms with Gasteiger partial charge in [-0.1, -0.05) is 18.2 Å². The van der Waals surface area contributed by atoms with Crippen LogP contribution in [0.25, 0.3) is 0 Å². The summed E-state index contributed by atoms with van der Waals surface area (Å²) >= 11 is 0. The third-order valence-corrected chi connectivity index (χ3v) is 3.64. The first kappa shape index (κ1) is 12.2. The second-order valence-electron chi connectivity index (χ2n) is 3.55. The molecule has 0 bridgehead atoms. The van der Waals surface area contributed by atoms with Crippen LogP contribution in [0.3, 0.4) is 0 Å². The molecular formula is C9H9N3O5S. The number of nitro benzene ring substituents is 1. The third kappa shape index (κ3) is 2.20. The molecule has 1 aromatic rings. The Labute approximate surface area is 102 Å². The molecule has 1 heterocycles. The maximum Gasteiger partial charge on any atom is 0.326 e. The second-order valence-corrected chi connectivity index (χ2v) is 5.18. The molecule has 9 heteroatoms. The van der Waals surface area contributed by atoms with Crippen LogP contribution in [0.5, 0.6) is 0 Å². The number of nitro groups is 1. The number of benzene rings is 1. The number of aliphatic hydroxyl groups excluding tert-OH is 1. The molecule has 0 saturated carbocycles. The Balaban J connectivity index is 2.33. The number of nitrogens with zero attached hydrogens (tertiary/aromatic N) is 2. The quantitative estimate of drug-likeness (QED) is 0.617. The van der Waals surface area contributed by atoms with Crippen molar-refractivity contribution >= 4 is 15.9 Å². The van der Waals surface area contributed by atoms with E-state index >= 15 is 0 Å². The molecule has 0 aromatic heterocycles. The Hall–Kier alpha value is -2.29. The van der Waals surface area contributed by atoms with E-state index in [0.717, 1.165) is 10.5 Å². The van der Waals surface area contributed by atoms with Gasteiger partial charge in [0, 0.05) is 6.07 Å². The lowest BCUT2D eigenvalue weighted by Crippen LogP contribution is -2.29. The van der Waals surface area contributed by atoms with Gasteiger partial charge in [0.15, 0.2) is 0 Å². The fourth-order valence-corrected chi connectivity index (χ4v) is 2.53. The fourth-order valence-electron chi connectivity index (χ4n) is 1.54. The van der Waals surface area contributed by atoms with Crippen molar-refractivity contribution in [1.82, 2.24) is 9.03 Å². The first-order chi connectivity index (χ1) is 8.40. The van der Waals surface area contributed by atoms with Crippen LogP contribution in [0.4, 0.5) is 5.69 Å². The van der Waals surface area contributed by atoms with Gasteiger partial charge in [0.1, 0.15) is 0 Å². The third-order valence-electron chi connectivity index (χ3n) is 2.32. The minimum absolute atomic E-state index is 0.174. The van der Waals surface area contributed by atoms with E-state index in [-0.39, 0.29) is 17.8 Å². The van der Waals surface area contributed by atoms with Gasteiger partial charge in [-0.3, -0.25) is 14.4 Å². The number of hydrogen-bond acceptors (Lipinski definition) is 5. The maximum atomic E-state index is 11.5. The summed E-state index contributed by atoms with van der Waals surface area (Å²) in [5.74, 6) is -0.520. The van der Waals surface area contributed by atoms with Gasteiger partial charge in [-0.25, -0.2) is 4.72 Å². The van der Waals surface area contributed by atoms with Gasteiger partial charge in [-0.2, -0.15) is 8.42 Å². The molecule has 0 aliphatic carbocycles. The zero-order valence-electron chi connectivity index (χ0n) is 8.98. The highest BCUT2D eigenvalue weighted by Gasteiger charge is 2.29. The predicted octanol–water partition coefficient (Wildman–Crippen LogP) is 0.602. The first-order valence-electron chi connectivity index (χ1n) is 4.83. The highest BCUT2D eigenvalue weighted by Crippen LogP contribution is 2.22. The van der Waals surface area contributed by atoms with Crippen molar-refractivity contribution < 1.29 is 18.4 Å². The van der Waals surface area contributed by atoms with Crippen molar-refractivity contribution in [3.8, 4) is 0 Å². The topological polar surface area (TPSA) is 113 Å². The van der Waals surface area contributed by atoms with Crippen molar-refractivity contribution in [2.45, 2.75) is 6.54 Å². The Kier molecular flexibility index (Phi) is 2.83. The molecule has 18 heavy (non-hydrogen) atoms. The zero-order valence-corrected chi connectivity index (χ0v) is 9.79. The van der Waals surface area contributed by atoms with Crippen molar-refractivity contribution in [3.05, 3.63) is 52.0 Å². The van der Waals surface area contributed by atoms with E-state index in [1.807, 2.05) is 4.72 Å². The highest BCUT2D eigenvalue weighted by molar-refractivity contribution is 7.87. The summed E-state index contributed by atoms with van der Waals surface area (Å²) in [6.45, 7) is -0.226. The summed E-state index contributed by atoms with van der Waals surface area (Å²) in [6, 6.07) is 5.81. The summed E-state index contributed by atoms with van der Waals surface area (Å²) in [5, 5.41) is 19.9. The molecule has 0 fully saturated rings. The number of aliphatic hydroxyl groups is 1. The summed E-state index contributed by atoms with van der Waals surface area (Å²) in [7, 11) is -3.86. The Bertz CT molecular complexity index is 625. The smallest absolute Gasteiger partial charge is 0.326 e. The van der Waals surface area contributed by atoms with Crippen LogP contribution in [0.2, 0.25) is 0 Å². The minimum atomic E-state index is -3.86. The van der Waals surface area contributed by atoms with Crippen molar-refractivity contribution in [2.75, 3.05) is 0 Å². The van der Waals surface area contributed by atoms with Crippen molar-refractivity contribution in [3.63, 3.8) is 0 Å². The Morgan fingerprint density at radius 1 is 1.39 bits per heavy atom. The lowest BCUT2D eigenvalue weighted by Gasteiger charge is -2.13.